The number of hydrogen-bond acceptors (Lipinski definition) is 5. The summed E-state index contributed by atoms with van der Waals surface area (Å²) in [6, 6.07) is 11.3. The summed E-state index contributed by atoms with van der Waals surface area (Å²) in [5.41, 5.74) is 1.05. The lowest BCUT2D eigenvalue weighted by molar-refractivity contribution is -0.156. The fourth-order valence-electron chi connectivity index (χ4n) is 3.23. The van der Waals surface area contributed by atoms with Gasteiger partial charge in [-0.05, 0) is 38.1 Å². The van der Waals surface area contributed by atoms with E-state index in [1.54, 1.807) is 50.2 Å². The van der Waals surface area contributed by atoms with Gasteiger partial charge in [-0.1, -0.05) is 41.4 Å². The Balaban J connectivity index is 2.26. The minimum absolute atomic E-state index is 0.0699. The SMILES string of the molecule is CCOC(=O)C(C(=O)OCC)c1c(C(=O)c2cccc(Cl)c2)[nH]c2cc(Cl)ccc12. The molecule has 0 amide bonds. The van der Waals surface area contributed by atoms with Gasteiger partial charge in [0, 0.05) is 32.1 Å². The van der Waals surface area contributed by atoms with E-state index in [1.807, 2.05) is 0 Å². The minimum Gasteiger partial charge on any atom is -0.465 e. The lowest BCUT2D eigenvalue weighted by Gasteiger charge is -2.16. The van der Waals surface area contributed by atoms with Crippen LogP contribution in [-0.2, 0) is 19.1 Å². The number of ketones is 1. The lowest BCUT2D eigenvalue weighted by atomic mass is 9.92. The second-order valence-electron chi connectivity index (χ2n) is 6.38. The first-order valence-electron chi connectivity index (χ1n) is 9.32. The second-order valence-corrected chi connectivity index (χ2v) is 7.25. The highest BCUT2D eigenvalue weighted by Crippen LogP contribution is 2.34. The van der Waals surface area contributed by atoms with Gasteiger partial charge in [0.2, 0.25) is 5.78 Å². The van der Waals surface area contributed by atoms with Gasteiger partial charge in [-0.15, -0.1) is 0 Å². The molecular weight excluding hydrogens is 429 g/mol. The average molecular weight is 448 g/mol. The first-order valence-corrected chi connectivity index (χ1v) is 10.1. The van der Waals surface area contributed by atoms with E-state index in [0.29, 0.717) is 26.5 Å². The Morgan fingerprint density at radius 2 is 1.57 bits per heavy atom. The second kappa shape index (κ2) is 9.32. The molecule has 0 unspecified atom stereocenters. The summed E-state index contributed by atoms with van der Waals surface area (Å²) in [5.74, 6) is -3.46. The highest BCUT2D eigenvalue weighted by Gasteiger charge is 2.37. The summed E-state index contributed by atoms with van der Waals surface area (Å²) in [6.07, 6.45) is 0. The van der Waals surface area contributed by atoms with E-state index in [2.05, 4.69) is 4.98 Å². The van der Waals surface area contributed by atoms with Gasteiger partial charge in [-0.2, -0.15) is 0 Å². The van der Waals surface area contributed by atoms with Crippen LogP contribution in [0.3, 0.4) is 0 Å². The maximum absolute atomic E-state index is 13.3. The molecule has 2 aromatic carbocycles. The highest BCUT2D eigenvalue weighted by atomic mass is 35.5. The molecule has 156 valence electrons. The van der Waals surface area contributed by atoms with Crippen LogP contribution in [0.1, 0.15) is 41.4 Å². The van der Waals surface area contributed by atoms with E-state index in [4.69, 9.17) is 32.7 Å². The van der Waals surface area contributed by atoms with Gasteiger partial charge in [0.25, 0.3) is 0 Å². The zero-order valence-electron chi connectivity index (χ0n) is 16.3. The van der Waals surface area contributed by atoms with Crippen molar-refractivity contribution in [2.45, 2.75) is 19.8 Å². The fourth-order valence-corrected chi connectivity index (χ4v) is 3.59. The molecule has 30 heavy (non-hydrogen) atoms. The van der Waals surface area contributed by atoms with Crippen LogP contribution >= 0.6 is 23.2 Å². The van der Waals surface area contributed by atoms with Gasteiger partial charge < -0.3 is 14.5 Å². The Morgan fingerprint density at radius 1 is 0.933 bits per heavy atom. The number of carbonyl (C=O) groups excluding carboxylic acids is 3. The number of aromatic nitrogens is 1. The van der Waals surface area contributed by atoms with Crippen molar-refractivity contribution >= 4 is 51.8 Å². The molecule has 0 spiro atoms. The molecule has 0 aliphatic carbocycles. The van der Waals surface area contributed by atoms with E-state index in [0.717, 1.165) is 0 Å². The van der Waals surface area contributed by atoms with Gasteiger partial charge in [0.1, 0.15) is 0 Å². The predicted molar refractivity (Wildman–Crippen MR) is 114 cm³/mol. The van der Waals surface area contributed by atoms with Crippen molar-refractivity contribution in [1.82, 2.24) is 4.98 Å². The van der Waals surface area contributed by atoms with Gasteiger partial charge in [0.05, 0.1) is 18.9 Å². The van der Waals surface area contributed by atoms with E-state index >= 15 is 0 Å². The molecule has 0 fully saturated rings. The first kappa shape index (κ1) is 21.9. The summed E-state index contributed by atoms with van der Waals surface area (Å²) in [5, 5.41) is 1.31. The number of nitrogens with one attached hydrogen (secondary N) is 1. The van der Waals surface area contributed by atoms with Gasteiger partial charge in [-0.3, -0.25) is 14.4 Å². The Kier molecular flexibility index (Phi) is 6.80. The Hall–Kier alpha value is -2.83. The third kappa shape index (κ3) is 4.35. The van der Waals surface area contributed by atoms with Crippen molar-refractivity contribution in [3.8, 4) is 0 Å². The first-order chi connectivity index (χ1) is 14.4. The molecule has 1 N–H and O–H groups in total. The molecule has 0 aliphatic rings. The summed E-state index contributed by atoms with van der Waals surface area (Å²) in [6.45, 7) is 3.40. The van der Waals surface area contributed by atoms with Crippen LogP contribution in [0.2, 0.25) is 10.0 Å². The van der Waals surface area contributed by atoms with Crippen LogP contribution in [0.25, 0.3) is 10.9 Å². The third-order valence-corrected chi connectivity index (χ3v) is 4.92. The molecule has 6 nitrogen and oxygen atoms in total. The van der Waals surface area contributed by atoms with Crippen LogP contribution in [0, 0.1) is 0 Å². The summed E-state index contributed by atoms with van der Waals surface area (Å²) < 4.78 is 10.2. The zero-order valence-corrected chi connectivity index (χ0v) is 17.8. The average Bonchev–Trinajstić information content (AvgIpc) is 3.06. The third-order valence-electron chi connectivity index (χ3n) is 4.45. The number of benzene rings is 2. The maximum Gasteiger partial charge on any atom is 0.324 e. The zero-order chi connectivity index (χ0) is 21.8. The Morgan fingerprint density at radius 3 is 2.17 bits per heavy atom. The Bertz CT molecular complexity index is 1100. The Labute approximate surface area is 183 Å². The smallest absolute Gasteiger partial charge is 0.324 e. The molecule has 3 rings (SSSR count). The molecular formula is C22H19Cl2NO5. The normalized spacial score (nSPS) is 11.0. The minimum atomic E-state index is -1.43. The van der Waals surface area contributed by atoms with Gasteiger partial charge in [-0.25, -0.2) is 0 Å². The lowest BCUT2D eigenvalue weighted by Crippen LogP contribution is -2.27. The van der Waals surface area contributed by atoms with E-state index < -0.39 is 23.6 Å². The number of H-pyrrole nitrogens is 1. The molecule has 0 radical (unpaired) electrons. The molecule has 8 heteroatoms. The van der Waals surface area contributed by atoms with Gasteiger partial charge in [0.15, 0.2) is 5.92 Å². The predicted octanol–water partition coefficient (Wildman–Crippen LogP) is 4.92. The van der Waals surface area contributed by atoms with Crippen LogP contribution in [-0.4, -0.2) is 35.9 Å². The number of hydrogen-bond donors (Lipinski definition) is 1. The van der Waals surface area contributed by atoms with Crippen molar-refractivity contribution < 1.29 is 23.9 Å². The van der Waals surface area contributed by atoms with Gasteiger partial charge >= 0.3 is 11.9 Å². The fraction of sp³-hybridized carbons (Fsp3) is 0.227. The van der Waals surface area contributed by atoms with Crippen molar-refractivity contribution in [3.63, 3.8) is 0 Å². The molecule has 0 saturated heterocycles. The van der Waals surface area contributed by atoms with Crippen LogP contribution in [0.15, 0.2) is 42.5 Å². The summed E-state index contributed by atoms with van der Waals surface area (Å²) in [4.78, 5) is 41.8. The number of halogens is 2. The number of ether oxygens (including phenoxy) is 2. The maximum atomic E-state index is 13.3. The number of rotatable bonds is 7. The number of aromatic amines is 1. The number of esters is 2. The number of carbonyl (C=O) groups is 3. The number of fused-ring (bicyclic) bond motifs is 1. The van der Waals surface area contributed by atoms with Crippen LogP contribution < -0.4 is 0 Å². The standard InChI is InChI=1S/C22H19Cl2NO5/c1-3-29-21(27)18(22(28)30-4-2)17-15-9-8-14(24)11-16(15)25-19(17)20(26)12-6-5-7-13(23)10-12/h5-11,18,25H,3-4H2,1-2H3. The summed E-state index contributed by atoms with van der Waals surface area (Å²) >= 11 is 12.1. The highest BCUT2D eigenvalue weighted by molar-refractivity contribution is 6.32. The molecule has 1 heterocycles. The molecule has 0 aliphatic heterocycles. The molecule has 0 atom stereocenters. The molecule has 3 aromatic rings. The van der Waals surface area contributed by atoms with Crippen LogP contribution in [0.5, 0.6) is 0 Å². The molecule has 1 aromatic heterocycles. The van der Waals surface area contributed by atoms with Crippen LogP contribution in [0.4, 0.5) is 0 Å². The molecule has 0 bridgehead atoms. The quantitative estimate of drug-likeness (QED) is 0.315. The van der Waals surface area contributed by atoms with Crippen molar-refractivity contribution in [2.75, 3.05) is 13.2 Å². The van der Waals surface area contributed by atoms with Crippen molar-refractivity contribution in [3.05, 3.63) is 69.3 Å². The molecule has 0 saturated carbocycles. The largest absolute Gasteiger partial charge is 0.465 e. The van der Waals surface area contributed by atoms with E-state index in [9.17, 15) is 14.4 Å². The van der Waals surface area contributed by atoms with E-state index in [-0.39, 0.29) is 24.5 Å². The summed E-state index contributed by atoms with van der Waals surface area (Å²) in [7, 11) is 0. The monoisotopic (exact) mass is 447 g/mol. The van der Waals surface area contributed by atoms with Crippen molar-refractivity contribution in [2.24, 2.45) is 0 Å². The van der Waals surface area contributed by atoms with E-state index in [1.165, 1.54) is 6.07 Å². The topological polar surface area (TPSA) is 85.5 Å². The van der Waals surface area contributed by atoms with Crippen molar-refractivity contribution in [1.29, 1.82) is 0 Å².